The zero-order valence-electron chi connectivity index (χ0n) is 11.3. The Kier molecular flexibility index (Phi) is 3.28. The van der Waals surface area contributed by atoms with Crippen molar-refractivity contribution in [2.45, 2.75) is 39.0 Å². The van der Waals surface area contributed by atoms with Crippen molar-refractivity contribution >= 4 is 10.9 Å². The average Bonchev–Trinajstić information content (AvgIpc) is 2.66. The van der Waals surface area contributed by atoms with Gasteiger partial charge in [0.15, 0.2) is 5.43 Å². The van der Waals surface area contributed by atoms with Crippen molar-refractivity contribution in [3.05, 3.63) is 39.7 Å². The molecule has 1 heterocycles. The number of pyridine rings is 1. The van der Waals surface area contributed by atoms with E-state index in [0.29, 0.717) is 6.61 Å². The number of para-hydroxylation sites is 1. The molecule has 1 aromatic carbocycles. The summed E-state index contributed by atoms with van der Waals surface area (Å²) < 4.78 is 5.63. The van der Waals surface area contributed by atoms with Crippen LogP contribution in [0.15, 0.2) is 23.0 Å². The largest absolute Gasteiger partial charge is 0.492 e. The number of nitrogens with one attached hydrogen (secondary N) is 1. The number of benzene rings is 1. The fraction of sp³-hybridized carbons (Fsp3) is 0.438. The molecule has 0 radical (unpaired) electrons. The second kappa shape index (κ2) is 5.08. The standard InChI is InChI=1S/C16H19NO2/c1-2-19-14-10-6-8-12-15(14)17-13-9-5-3-4-7-11(13)16(12)18/h6,8,10H,2-5,7,9H2,1H3,(H,17,18). The fourth-order valence-corrected chi connectivity index (χ4v) is 2.91. The lowest BCUT2D eigenvalue weighted by Crippen LogP contribution is -2.14. The summed E-state index contributed by atoms with van der Waals surface area (Å²) >= 11 is 0. The van der Waals surface area contributed by atoms with Gasteiger partial charge in [-0.1, -0.05) is 12.5 Å². The summed E-state index contributed by atoms with van der Waals surface area (Å²) in [5.74, 6) is 0.782. The summed E-state index contributed by atoms with van der Waals surface area (Å²) in [4.78, 5) is 16.1. The topological polar surface area (TPSA) is 42.1 Å². The number of hydrogen-bond donors (Lipinski definition) is 1. The van der Waals surface area contributed by atoms with Gasteiger partial charge in [-0.25, -0.2) is 0 Å². The van der Waals surface area contributed by atoms with Crippen molar-refractivity contribution in [1.82, 2.24) is 4.98 Å². The number of aromatic nitrogens is 1. The summed E-state index contributed by atoms with van der Waals surface area (Å²) in [5.41, 5.74) is 3.14. The number of aryl methyl sites for hydroxylation is 1. The molecule has 1 N–H and O–H groups in total. The van der Waals surface area contributed by atoms with Crippen LogP contribution in [-0.2, 0) is 12.8 Å². The molecule has 3 heteroatoms. The van der Waals surface area contributed by atoms with Gasteiger partial charge >= 0.3 is 0 Å². The van der Waals surface area contributed by atoms with E-state index in [0.717, 1.165) is 53.6 Å². The lowest BCUT2D eigenvalue weighted by Gasteiger charge is -2.11. The quantitative estimate of drug-likeness (QED) is 0.839. The first-order chi connectivity index (χ1) is 9.31. The number of aromatic amines is 1. The molecular weight excluding hydrogens is 238 g/mol. The molecule has 3 nitrogen and oxygen atoms in total. The van der Waals surface area contributed by atoms with Crippen molar-refractivity contribution in [3.63, 3.8) is 0 Å². The van der Waals surface area contributed by atoms with Gasteiger partial charge in [-0.2, -0.15) is 0 Å². The van der Waals surface area contributed by atoms with E-state index in [1.165, 1.54) is 6.42 Å². The van der Waals surface area contributed by atoms with Gasteiger partial charge in [-0.15, -0.1) is 0 Å². The van der Waals surface area contributed by atoms with Crippen LogP contribution in [0.5, 0.6) is 5.75 Å². The van der Waals surface area contributed by atoms with Crippen LogP contribution in [0.1, 0.15) is 37.4 Å². The molecule has 0 saturated carbocycles. The van der Waals surface area contributed by atoms with Gasteiger partial charge in [-0.05, 0) is 44.7 Å². The van der Waals surface area contributed by atoms with Gasteiger partial charge in [-0.3, -0.25) is 4.79 Å². The molecule has 1 aliphatic rings. The summed E-state index contributed by atoms with van der Waals surface area (Å²) in [5, 5.41) is 0.756. The number of hydrogen-bond acceptors (Lipinski definition) is 2. The molecule has 0 atom stereocenters. The molecular formula is C16H19NO2. The maximum atomic E-state index is 12.6. The first-order valence-corrected chi connectivity index (χ1v) is 7.11. The Bertz CT molecular complexity index is 658. The Morgan fingerprint density at radius 2 is 2.05 bits per heavy atom. The first-order valence-electron chi connectivity index (χ1n) is 7.11. The third-order valence-corrected chi connectivity index (χ3v) is 3.84. The molecule has 1 aromatic heterocycles. The Balaban J connectivity index is 2.28. The normalized spacial score (nSPS) is 15.0. The SMILES string of the molecule is CCOc1cccc2c(=O)c3c([nH]c12)CCCCC3. The fourth-order valence-electron chi connectivity index (χ4n) is 2.91. The smallest absolute Gasteiger partial charge is 0.192 e. The van der Waals surface area contributed by atoms with Crippen molar-refractivity contribution < 1.29 is 4.74 Å². The van der Waals surface area contributed by atoms with Gasteiger partial charge in [0.25, 0.3) is 0 Å². The summed E-state index contributed by atoms with van der Waals surface area (Å²) in [7, 11) is 0. The second-order valence-corrected chi connectivity index (χ2v) is 5.08. The van der Waals surface area contributed by atoms with Crippen LogP contribution in [0.3, 0.4) is 0 Å². The second-order valence-electron chi connectivity index (χ2n) is 5.08. The van der Waals surface area contributed by atoms with Gasteiger partial charge in [0, 0.05) is 16.6 Å². The van der Waals surface area contributed by atoms with Crippen molar-refractivity contribution in [1.29, 1.82) is 0 Å². The van der Waals surface area contributed by atoms with Gasteiger partial charge < -0.3 is 9.72 Å². The van der Waals surface area contributed by atoms with E-state index in [9.17, 15) is 4.79 Å². The molecule has 0 aliphatic heterocycles. The molecule has 0 spiro atoms. The van der Waals surface area contributed by atoms with E-state index in [1.807, 2.05) is 25.1 Å². The van der Waals surface area contributed by atoms with Crippen molar-refractivity contribution in [2.24, 2.45) is 0 Å². The number of ether oxygens (including phenoxy) is 1. The molecule has 19 heavy (non-hydrogen) atoms. The Morgan fingerprint density at radius 3 is 2.89 bits per heavy atom. The Morgan fingerprint density at radius 1 is 1.21 bits per heavy atom. The molecule has 1 aliphatic carbocycles. The molecule has 3 rings (SSSR count). The average molecular weight is 257 g/mol. The highest BCUT2D eigenvalue weighted by atomic mass is 16.5. The van der Waals surface area contributed by atoms with E-state index in [4.69, 9.17) is 4.74 Å². The molecule has 0 unspecified atom stereocenters. The zero-order valence-corrected chi connectivity index (χ0v) is 11.3. The third-order valence-electron chi connectivity index (χ3n) is 3.84. The molecule has 0 saturated heterocycles. The number of H-pyrrole nitrogens is 1. The Hall–Kier alpha value is -1.77. The van der Waals surface area contributed by atoms with Gasteiger partial charge in [0.1, 0.15) is 5.75 Å². The van der Waals surface area contributed by atoms with Crippen LogP contribution in [0.25, 0.3) is 10.9 Å². The van der Waals surface area contributed by atoms with E-state index < -0.39 is 0 Å². The zero-order chi connectivity index (χ0) is 13.2. The maximum absolute atomic E-state index is 12.6. The minimum atomic E-state index is 0.187. The number of fused-ring (bicyclic) bond motifs is 2. The predicted molar refractivity (Wildman–Crippen MR) is 77.0 cm³/mol. The minimum absolute atomic E-state index is 0.187. The highest BCUT2D eigenvalue weighted by Gasteiger charge is 2.16. The van der Waals surface area contributed by atoms with E-state index in [1.54, 1.807) is 0 Å². The Labute approximate surface area is 112 Å². The monoisotopic (exact) mass is 257 g/mol. The molecule has 0 bridgehead atoms. The molecule has 0 fully saturated rings. The van der Waals surface area contributed by atoms with Crippen LogP contribution in [0, 0.1) is 0 Å². The summed E-state index contributed by atoms with van der Waals surface area (Å²) in [6, 6.07) is 5.71. The van der Waals surface area contributed by atoms with Crippen molar-refractivity contribution in [3.8, 4) is 5.75 Å². The molecule has 0 amide bonds. The summed E-state index contributed by atoms with van der Waals surface area (Å²) in [6.45, 7) is 2.57. The maximum Gasteiger partial charge on any atom is 0.192 e. The third kappa shape index (κ3) is 2.14. The minimum Gasteiger partial charge on any atom is -0.492 e. The van der Waals surface area contributed by atoms with Gasteiger partial charge in [0.05, 0.1) is 12.1 Å². The van der Waals surface area contributed by atoms with Crippen LogP contribution in [-0.4, -0.2) is 11.6 Å². The lowest BCUT2D eigenvalue weighted by molar-refractivity contribution is 0.343. The highest BCUT2D eigenvalue weighted by molar-refractivity contribution is 5.85. The summed E-state index contributed by atoms with van der Waals surface area (Å²) in [6.07, 6.45) is 5.36. The highest BCUT2D eigenvalue weighted by Crippen LogP contribution is 2.25. The van der Waals surface area contributed by atoms with Crippen LogP contribution >= 0.6 is 0 Å². The predicted octanol–water partition coefficient (Wildman–Crippen LogP) is 3.20. The van der Waals surface area contributed by atoms with Crippen LogP contribution in [0.2, 0.25) is 0 Å². The van der Waals surface area contributed by atoms with E-state index in [-0.39, 0.29) is 5.43 Å². The molecule has 100 valence electrons. The van der Waals surface area contributed by atoms with Crippen LogP contribution < -0.4 is 10.2 Å². The van der Waals surface area contributed by atoms with Crippen LogP contribution in [0.4, 0.5) is 0 Å². The van der Waals surface area contributed by atoms with E-state index >= 15 is 0 Å². The first kappa shape index (κ1) is 12.3. The van der Waals surface area contributed by atoms with Gasteiger partial charge in [0.2, 0.25) is 0 Å². The number of rotatable bonds is 2. The molecule has 2 aromatic rings. The van der Waals surface area contributed by atoms with Crippen molar-refractivity contribution in [2.75, 3.05) is 6.61 Å². The van der Waals surface area contributed by atoms with E-state index in [2.05, 4.69) is 4.98 Å². The lowest BCUT2D eigenvalue weighted by atomic mass is 10.0.